The number of aliphatic carboxylic acids is 1. The number of hydrogen-bond donors (Lipinski definition) is 4. The van der Waals surface area contributed by atoms with Gasteiger partial charge in [0.25, 0.3) is 0 Å². The molecule has 1 aromatic carbocycles. The second-order valence-electron chi connectivity index (χ2n) is 8.64. The van der Waals surface area contributed by atoms with E-state index in [4.69, 9.17) is 19.6 Å². The molecule has 2 aliphatic heterocycles. The lowest BCUT2D eigenvalue weighted by atomic mass is 10.1. The number of aromatic amines is 1. The smallest absolute Gasteiger partial charge is 0.307 e. The van der Waals surface area contributed by atoms with Crippen molar-refractivity contribution in [2.75, 3.05) is 18.5 Å². The van der Waals surface area contributed by atoms with E-state index in [9.17, 15) is 9.90 Å². The number of pyridine rings is 1. The molecular weight excluding hydrogens is 438 g/mol. The van der Waals surface area contributed by atoms with E-state index in [-0.39, 0.29) is 24.7 Å². The Hall–Kier alpha value is -3.73. The van der Waals surface area contributed by atoms with Gasteiger partial charge in [0.15, 0.2) is 0 Å². The molecular formula is C24H23N5O5. The van der Waals surface area contributed by atoms with E-state index >= 15 is 0 Å². The van der Waals surface area contributed by atoms with Gasteiger partial charge in [-0.1, -0.05) is 12.1 Å². The minimum atomic E-state index is -0.883. The molecule has 0 amide bonds. The number of aliphatic hydroxyl groups is 1. The molecule has 174 valence electrons. The van der Waals surface area contributed by atoms with Crippen LogP contribution in [0.4, 0.5) is 5.82 Å². The summed E-state index contributed by atoms with van der Waals surface area (Å²) in [6.07, 6.45) is 2.21. The molecule has 10 heteroatoms. The van der Waals surface area contributed by atoms with Gasteiger partial charge >= 0.3 is 5.97 Å². The number of aromatic nitrogens is 4. The molecule has 0 aliphatic carbocycles. The highest BCUT2D eigenvalue weighted by Gasteiger charge is 2.47. The van der Waals surface area contributed by atoms with Crippen LogP contribution in [0.1, 0.15) is 5.56 Å². The molecule has 0 saturated carbocycles. The fraction of sp³-hybridized carbons (Fsp3) is 0.292. The van der Waals surface area contributed by atoms with E-state index in [2.05, 4.69) is 15.4 Å². The maximum atomic E-state index is 10.9. The van der Waals surface area contributed by atoms with Gasteiger partial charge in [0, 0.05) is 23.4 Å². The van der Waals surface area contributed by atoms with E-state index in [1.54, 1.807) is 17.1 Å². The predicted molar refractivity (Wildman–Crippen MR) is 123 cm³/mol. The number of rotatable bonds is 6. The molecule has 2 fully saturated rings. The molecule has 3 aromatic heterocycles. The Kier molecular flexibility index (Phi) is 5.05. The van der Waals surface area contributed by atoms with Crippen LogP contribution in [0.15, 0.2) is 54.9 Å². The third-order valence-electron chi connectivity index (χ3n) is 6.26. The summed E-state index contributed by atoms with van der Waals surface area (Å²) in [7, 11) is 0. The molecule has 0 radical (unpaired) electrons. The van der Waals surface area contributed by atoms with Gasteiger partial charge in [0.2, 0.25) is 0 Å². The van der Waals surface area contributed by atoms with Crippen molar-refractivity contribution in [2.45, 2.75) is 30.8 Å². The topological polar surface area (TPSA) is 135 Å². The Bertz CT molecular complexity index is 1350. The van der Waals surface area contributed by atoms with E-state index in [0.29, 0.717) is 18.8 Å². The maximum Gasteiger partial charge on any atom is 0.307 e. The average molecular weight is 461 g/mol. The zero-order chi connectivity index (χ0) is 23.2. The summed E-state index contributed by atoms with van der Waals surface area (Å²) in [5.74, 6) is -0.0593. The van der Waals surface area contributed by atoms with E-state index < -0.39 is 12.1 Å². The van der Waals surface area contributed by atoms with E-state index in [0.717, 1.165) is 33.8 Å². The van der Waals surface area contributed by atoms with Crippen LogP contribution in [0.5, 0.6) is 0 Å². The van der Waals surface area contributed by atoms with Crippen LogP contribution in [-0.2, 0) is 20.7 Å². The third kappa shape index (κ3) is 3.81. The fourth-order valence-corrected chi connectivity index (χ4v) is 4.60. The first-order chi connectivity index (χ1) is 16.5. The zero-order valence-corrected chi connectivity index (χ0v) is 18.1. The van der Waals surface area contributed by atoms with Gasteiger partial charge in [0.05, 0.1) is 54.3 Å². The largest absolute Gasteiger partial charge is 0.481 e. The highest BCUT2D eigenvalue weighted by atomic mass is 16.6. The van der Waals surface area contributed by atoms with Crippen molar-refractivity contribution in [3.05, 3.63) is 60.4 Å². The van der Waals surface area contributed by atoms with Crippen LogP contribution in [0, 0.1) is 0 Å². The lowest BCUT2D eigenvalue weighted by molar-refractivity contribution is -0.136. The van der Waals surface area contributed by atoms with Crippen molar-refractivity contribution >= 4 is 22.8 Å². The normalized spacial score (nSPS) is 23.9. The van der Waals surface area contributed by atoms with Gasteiger partial charge in [-0.2, -0.15) is 5.10 Å². The number of fused-ring (bicyclic) bond motifs is 2. The molecule has 34 heavy (non-hydrogen) atoms. The number of ether oxygens (including phenoxy) is 2. The number of H-pyrrole nitrogens is 1. The quantitative estimate of drug-likeness (QED) is 0.342. The number of carbonyl (C=O) groups is 1. The Balaban J connectivity index is 1.19. The highest BCUT2D eigenvalue weighted by Crippen LogP contribution is 2.30. The predicted octanol–water partition coefficient (Wildman–Crippen LogP) is 1.98. The molecule has 6 rings (SSSR count). The summed E-state index contributed by atoms with van der Waals surface area (Å²) in [4.78, 5) is 19.0. The van der Waals surface area contributed by atoms with Crippen molar-refractivity contribution in [2.24, 2.45) is 0 Å². The first-order valence-corrected chi connectivity index (χ1v) is 11.1. The summed E-state index contributed by atoms with van der Waals surface area (Å²) < 4.78 is 13.0. The van der Waals surface area contributed by atoms with Crippen molar-refractivity contribution in [3.8, 4) is 16.9 Å². The summed E-state index contributed by atoms with van der Waals surface area (Å²) in [6, 6.07) is 13.7. The van der Waals surface area contributed by atoms with Gasteiger partial charge in [-0.3, -0.25) is 4.79 Å². The second-order valence-corrected chi connectivity index (χ2v) is 8.64. The molecule has 5 heterocycles. The molecule has 1 unspecified atom stereocenters. The molecule has 0 spiro atoms. The summed E-state index contributed by atoms with van der Waals surface area (Å²) in [5, 5.41) is 26.5. The SMILES string of the molecule is O=C(O)Cc1cnn(-c2ccc(-c3ccc4[nH]c(N[C@@H]5COC6[C@H](O)CO[C@@H]65)cc4n3)cc2)c1. The fourth-order valence-electron chi connectivity index (χ4n) is 4.60. The Morgan fingerprint density at radius 1 is 1.15 bits per heavy atom. The lowest BCUT2D eigenvalue weighted by Crippen LogP contribution is -2.36. The molecule has 4 atom stereocenters. The Morgan fingerprint density at radius 2 is 1.97 bits per heavy atom. The molecule has 4 aromatic rings. The van der Waals surface area contributed by atoms with Crippen LogP contribution in [-0.4, -0.2) is 73.5 Å². The van der Waals surface area contributed by atoms with Crippen molar-refractivity contribution < 1.29 is 24.5 Å². The monoisotopic (exact) mass is 461 g/mol. The van der Waals surface area contributed by atoms with Gasteiger partial charge in [-0.05, 0) is 24.3 Å². The maximum absolute atomic E-state index is 10.9. The first kappa shape index (κ1) is 20.8. The van der Waals surface area contributed by atoms with Crippen molar-refractivity contribution in [1.29, 1.82) is 0 Å². The number of nitrogens with zero attached hydrogens (tertiary/aromatic N) is 3. The number of carboxylic acid groups (broad SMARTS) is 1. The molecule has 4 N–H and O–H groups in total. The lowest BCUT2D eigenvalue weighted by Gasteiger charge is -2.17. The van der Waals surface area contributed by atoms with Crippen LogP contribution >= 0.6 is 0 Å². The zero-order valence-electron chi connectivity index (χ0n) is 18.1. The summed E-state index contributed by atoms with van der Waals surface area (Å²) >= 11 is 0. The number of hydrogen-bond acceptors (Lipinski definition) is 7. The average Bonchev–Trinajstić information content (AvgIpc) is 3.60. The van der Waals surface area contributed by atoms with E-state index in [1.165, 1.54) is 0 Å². The summed E-state index contributed by atoms with van der Waals surface area (Å²) in [5.41, 5.74) is 5.02. The van der Waals surface area contributed by atoms with Gasteiger partial charge in [-0.15, -0.1) is 0 Å². The number of nitrogens with one attached hydrogen (secondary N) is 2. The van der Waals surface area contributed by atoms with Gasteiger partial charge < -0.3 is 30.0 Å². The minimum Gasteiger partial charge on any atom is -0.481 e. The minimum absolute atomic E-state index is 0.0412. The number of anilines is 1. The van der Waals surface area contributed by atoms with Crippen molar-refractivity contribution in [1.82, 2.24) is 19.7 Å². The number of aliphatic hydroxyl groups excluding tert-OH is 1. The van der Waals surface area contributed by atoms with Gasteiger partial charge in [-0.25, -0.2) is 9.67 Å². The molecule has 0 bridgehead atoms. The Morgan fingerprint density at radius 3 is 2.79 bits per heavy atom. The Labute approximate surface area is 194 Å². The summed E-state index contributed by atoms with van der Waals surface area (Å²) in [6.45, 7) is 0.772. The standard InChI is InChI=1S/C24H23N5O5/c30-20-12-34-23-19(11-33-24(20)23)28-21-8-18-17(27-21)6-5-16(26-18)14-1-3-15(4-2-14)29-10-13(9-25-29)7-22(31)32/h1-6,8-10,19-20,23-24,27-28,30H,7,11-12H2,(H,31,32)/t19-,20-,23-,24?/m1/s1. The third-order valence-corrected chi connectivity index (χ3v) is 6.26. The molecule has 2 aliphatic rings. The van der Waals surface area contributed by atoms with E-state index in [1.807, 2.05) is 42.5 Å². The van der Waals surface area contributed by atoms with Crippen LogP contribution in [0.25, 0.3) is 28.0 Å². The van der Waals surface area contributed by atoms with Crippen LogP contribution < -0.4 is 5.32 Å². The van der Waals surface area contributed by atoms with Crippen LogP contribution in [0.2, 0.25) is 0 Å². The first-order valence-electron chi connectivity index (χ1n) is 11.1. The molecule has 10 nitrogen and oxygen atoms in total. The molecule has 2 saturated heterocycles. The van der Waals surface area contributed by atoms with Crippen molar-refractivity contribution in [3.63, 3.8) is 0 Å². The number of carboxylic acids is 1. The van der Waals surface area contributed by atoms with Crippen LogP contribution in [0.3, 0.4) is 0 Å². The van der Waals surface area contributed by atoms with Gasteiger partial charge in [0.1, 0.15) is 24.1 Å². The second kappa shape index (κ2) is 8.24. The number of benzene rings is 1. The highest BCUT2D eigenvalue weighted by molar-refractivity contribution is 5.83.